The fourth-order valence-electron chi connectivity index (χ4n) is 4.51. The summed E-state index contributed by atoms with van der Waals surface area (Å²) in [5.41, 5.74) is 4.85. The molecule has 0 atom stereocenters. The number of fused-ring (bicyclic) bond motifs is 7. The second-order valence-corrected chi connectivity index (χ2v) is 9.76. The maximum atomic E-state index is 11.7. The van der Waals surface area contributed by atoms with E-state index >= 15 is 0 Å². The van der Waals surface area contributed by atoms with Gasteiger partial charge in [-0.3, -0.25) is 4.79 Å². The molecule has 2 aromatic carbocycles. The van der Waals surface area contributed by atoms with E-state index in [4.69, 9.17) is 9.72 Å². The summed E-state index contributed by atoms with van der Waals surface area (Å²) in [7, 11) is 2.03. The number of hydrogen-bond acceptors (Lipinski definition) is 9. The van der Waals surface area contributed by atoms with Gasteiger partial charge in [-0.25, -0.2) is 20.0 Å². The third-order valence-corrected chi connectivity index (χ3v) is 6.75. The van der Waals surface area contributed by atoms with Gasteiger partial charge in [-0.2, -0.15) is 0 Å². The van der Waals surface area contributed by atoms with Crippen LogP contribution in [-0.4, -0.2) is 77.4 Å². The van der Waals surface area contributed by atoms with E-state index in [9.17, 15) is 4.79 Å². The van der Waals surface area contributed by atoms with E-state index < -0.39 is 0 Å². The first-order valence-electron chi connectivity index (χ1n) is 13.5. The standard InChI is InChI=1S/C30H36N8O2/c1-3-29(39)37-21-38(22-37)36(2)14-13-32-25-16-23-17-26(19-25)34-30-33-12-10-28(35-30)24-8-7-9-27(18-24)40-15-6-4-5-11-31-20-23/h3-5,7-10,12,16-19,31-32H,1,6,11,13-15,20-22H2,2H3,(H,33,34,35)/b5-4+. The highest BCUT2D eigenvalue weighted by molar-refractivity contribution is 5.87. The van der Waals surface area contributed by atoms with E-state index in [0.717, 1.165) is 66.5 Å². The molecular weight excluding hydrogens is 504 g/mol. The van der Waals surface area contributed by atoms with Crippen molar-refractivity contribution in [3.63, 3.8) is 0 Å². The SMILES string of the molecule is C=CC(=O)N1CN(N(C)CCNc2cc3cc(c2)Nc2nccc(n2)-c2cccc(c2)OCC/C=C/CNC3)C1. The van der Waals surface area contributed by atoms with Crippen LogP contribution >= 0.6 is 0 Å². The number of carbonyl (C=O) groups excluding carboxylic acids is 1. The third-order valence-electron chi connectivity index (χ3n) is 6.75. The van der Waals surface area contributed by atoms with Crippen LogP contribution in [0.3, 0.4) is 0 Å². The van der Waals surface area contributed by atoms with Crippen LogP contribution in [0.25, 0.3) is 11.3 Å². The zero-order valence-corrected chi connectivity index (χ0v) is 22.8. The first kappa shape index (κ1) is 27.3. The van der Waals surface area contributed by atoms with Crippen molar-refractivity contribution in [1.82, 2.24) is 30.2 Å². The van der Waals surface area contributed by atoms with Crippen LogP contribution in [0, 0.1) is 0 Å². The van der Waals surface area contributed by atoms with Gasteiger partial charge in [-0.1, -0.05) is 30.9 Å². The van der Waals surface area contributed by atoms with E-state index in [1.807, 2.05) is 37.4 Å². The normalized spacial score (nSPS) is 16.5. The number of benzene rings is 2. The van der Waals surface area contributed by atoms with Crippen LogP contribution in [0.15, 0.2) is 79.5 Å². The summed E-state index contributed by atoms with van der Waals surface area (Å²) in [6.07, 6.45) is 8.24. The van der Waals surface area contributed by atoms with Crippen molar-refractivity contribution in [3.05, 3.63) is 85.1 Å². The molecular formula is C30H36N8O2. The smallest absolute Gasteiger partial charge is 0.248 e. The highest BCUT2D eigenvalue weighted by Gasteiger charge is 2.29. The number of hydrogen-bond donors (Lipinski definition) is 3. The molecule has 5 rings (SSSR count). The Labute approximate surface area is 235 Å². The molecule has 0 radical (unpaired) electrons. The summed E-state index contributed by atoms with van der Waals surface area (Å²) in [6.45, 7) is 8.36. The van der Waals surface area contributed by atoms with Crippen LogP contribution in [0.2, 0.25) is 0 Å². The third kappa shape index (κ3) is 7.23. The molecule has 208 valence electrons. The molecule has 0 unspecified atom stereocenters. The topological polar surface area (TPSA) is 97.9 Å². The second-order valence-electron chi connectivity index (χ2n) is 9.76. The van der Waals surface area contributed by atoms with Gasteiger partial charge in [0.2, 0.25) is 11.9 Å². The molecule has 2 aliphatic heterocycles. The van der Waals surface area contributed by atoms with E-state index in [-0.39, 0.29) is 5.91 Å². The molecule has 10 nitrogen and oxygen atoms in total. The van der Waals surface area contributed by atoms with Crippen molar-refractivity contribution >= 4 is 23.2 Å². The quantitative estimate of drug-likeness (QED) is 0.318. The van der Waals surface area contributed by atoms with Crippen molar-refractivity contribution in [2.24, 2.45) is 0 Å². The molecule has 1 aromatic heterocycles. The minimum absolute atomic E-state index is 0.0380. The predicted molar refractivity (Wildman–Crippen MR) is 158 cm³/mol. The minimum atomic E-state index is -0.0380. The summed E-state index contributed by atoms with van der Waals surface area (Å²) in [4.78, 5) is 22.7. The highest BCUT2D eigenvalue weighted by atomic mass is 16.5. The molecule has 0 saturated carbocycles. The van der Waals surface area contributed by atoms with Crippen molar-refractivity contribution in [3.8, 4) is 17.0 Å². The number of nitrogens with zero attached hydrogens (tertiary/aromatic N) is 5. The molecule has 40 heavy (non-hydrogen) atoms. The number of anilines is 3. The molecule has 6 bridgehead atoms. The summed E-state index contributed by atoms with van der Waals surface area (Å²) >= 11 is 0. The number of nitrogens with one attached hydrogen (secondary N) is 3. The highest BCUT2D eigenvalue weighted by Crippen LogP contribution is 2.25. The molecule has 1 fully saturated rings. The maximum absolute atomic E-state index is 11.7. The lowest BCUT2D eigenvalue weighted by Gasteiger charge is -2.46. The van der Waals surface area contributed by atoms with E-state index in [2.05, 4.69) is 67.9 Å². The number of amides is 1. The number of ether oxygens (including phenoxy) is 1. The van der Waals surface area contributed by atoms with Crippen LogP contribution in [-0.2, 0) is 11.3 Å². The van der Waals surface area contributed by atoms with Gasteiger partial charge >= 0.3 is 0 Å². The fourth-order valence-corrected chi connectivity index (χ4v) is 4.51. The Morgan fingerprint density at radius 2 is 2.10 bits per heavy atom. The lowest BCUT2D eigenvalue weighted by atomic mass is 10.1. The van der Waals surface area contributed by atoms with Gasteiger partial charge in [0.15, 0.2) is 0 Å². The van der Waals surface area contributed by atoms with Crippen molar-refractivity contribution < 1.29 is 9.53 Å². The Hall–Kier alpha value is -4.25. The fraction of sp³-hybridized carbons (Fsp3) is 0.300. The van der Waals surface area contributed by atoms with Crippen molar-refractivity contribution in [1.29, 1.82) is 0 Å². The minimum Gasteiger partial charge on any atom is -0.493 e. The van der Waals surface area contributed by atoms with Gasteiger partial charge < -0.3 is 25.6 Å². The Bertz CT molecular complexity index is 1360. The molecule has 1 amide bonds. The summed E-state index contributed by atoms with van der Waals surface area (Å²) in [5, 5.41) is 14.7. The summed E-state index contributed by atoms with van der Waals surface area (Å²) < 4.78 is 5.94. The Morgan fingerprint density at radius 1 is 1.20 bits per heavy atom. The zero-order chi connectivity index (χ0) is 27.7. The van der Waals surface area contributed by atoms with Crippen LogP contribution < -0.4 is 20.7 Å². The first-order valence-corrected chi connectivity index (χ1v) is 13.5. The number of aromatic nitrogens is 2. The summed E-state index contributed by atoms with van der Waals surface area (Å²) in [5.74, 6) is 1.31. The monoisotopic (exact) mass is 540 g/mol. The molecule has 2 aliphatic rings. The average molecular weight is 541 g/mol. The van der Waals surface area contributed by atoms with Gasteiger partial charge in [0.05, 0.1) is 25.6 Å². The number of rotatable bonds is 6. The molecule has 3 aromatic rings. The summed E-state index contributed by atoms with van der Waals surface area (Å²) in [6, 6.07) is 16.2. The van der Waals surface area contributed by atoms with Crippen LogP contribution in [0.5, 0.6) is 5.75 Å². The van der Waals surface area contributed by atoms with E-state index in [1.165, 1.54) is 6.08 Å². The second kappa shape index (κ2) is 13.2. The molecule has 1 saturated heterocycles. The van der Waals surface area contributed by atoms with Gasteiger partial charge in [0.25, 0.3) is 0 Å². The largest absolute Gasteiger partial charge is 0.493 e. The maximum Gasteiger partial charge on any atom is 0.248 e. The number of likely N-dealkylation sites (N-methyl/N-ethyl adjacent to an activating group) is 1. The van der Waals surface area contributed by atoms with Gasteiger partial charge in [0, 0.05) is 56.4 Å². The van der Waals surface area contributed by atoms with E-state index in [0.29, 0.717) is 25.9 Å². The predicted octanol–water partition coefficient (Wildman–Crippen LogP) is 3.82. The number of hydrazine groups is 1. The Balaban J connectivity index is 1.29. The molecule has 0 spiro atoms. The average Bonchev–Trinajstić information content (AvgIpc) is 2.93. The lowest BCUT2D eigenvalue weighted by molar-refractivity contribution is -0.175. The lowest BCUT2D eigenvalue weighted by Crippen LogP contribution is -2.62. The van der Waals surface area contributed by atoms with E-state index in [1.54, 1.807) is 11.1 Å². The van der Waals surface area contributed by atoms with Crippen LogP contribution in [0.1, 0.15) is 12.0 Å². The first-order chi connectivity index (χ1) is 19.6. The van der Waals surface area contributed by atoms with Crippen molar-refractivity contribution in [2.75, 3.05) is 57.3 Å². The van der Waals surface area contributed by atoms with Gasteiger partial charge in [0.1, 0.15) is 5.75 Å². The molecule has 3 N–H and O–H groups in total. The Morgan fingerprint density at radius 3 is 2.98 bits per heavy atom. The van der Waals surface area contributed by atoms with Gasteiger partial charge in [-0.05, 0) is 54.5 Å². The molecule has 0 aliphatic carbocycles. The molecule has 3 heterocycles. The number of carbonyl (C=O) groups is 1. The van der Waals surface area contributed by atoms with Crippen LogP contribution in [0.4, 0.5) is 17.3 Å². The molecule has 10 heteroatoms. The Kier molecular flexibility index (Phi) is 9.02. The zero-order valence-electron chi connectivity index (χ0n) is 22.8. The van der Waals surface area contributed by atoms with Gasteiger partial charge in [-0.15, -0.1) is 0 Å². The van der Waals surface area contributed by atoms with Crippen molar-refractivity contribution in [2.45, 2.75) is 13.0 Å².